The number of carbonyl (C=O) groups excluding carboxylic acids is 1. The molecule has 5 nitrogen and oxygen atoms in total. The quantitative estimate of drug-likeness (QED) is 0.697. The Hall–Kier alpha value is -1.14. The van der Waals surface area contributed by atoms with Gasteiger partial charge in [-0.05, 0) is 37.0 Å². The first-order valence-corrected chi connectivity index (χ1v) is 8.87. The molecular weight excluding hydrogens is 312 g/mol. The van der Waals surface area contributed by atoms with Gasteiger partial charge in [-0.1, -0.05) is 30.2 Å². The van der Waals surface area contributed by atoms with Crippen molar-refractivity contribution >= 4 is 17.5 Å². The van der Waals surface area contributed by atoms with E-state index in [2.05, 4.69) is 28.5 Å². The smallest absolute Gasteiger partial charge is 0.222 e. The maximum Gasteiger partial charge on any atom is 0.222 e. The van der Waals surface area contributed by atoms with Crippen LogP contribution in [0, 0.1) is 0 Å². The van der Waals surface area contributed by atoms with Gasteiger partial charge in [-0.2, -0.15) is 5.53 Å². The Balaban J connectivity index is 1.38. The minimum atomic E-state index is 0.303. The SMILES string of the molecule is O=C(CCCCC1CNNN1)N1CCC(c2ccc(Cl)cc2)C1. The molecule has 2 saturated heterocycles. The van der Waals surface area contributed by atoms with Crippen molar-refractivity contribution in [2.24, 2.45) is 0 Å². The third-order valence-corrected chi connectivity index (χ3v) is 5.04. The summed E-state index contributed by atoms with van der Waals surface area (Å²) in [7, 11) is 0. The van der Waals surface area contributed by atoms with Crippen LogP contribution in [0.3, 0.4) is 0 Å². The molecule has 0 spiro atoms. The zero-order valence-electron chi connectivity index (χ0n) is 13.4. The summed E-state index contributed by atoms with van der Waals surface area (Å²) in [5.41, 5.74) is 10.4. The van der Waals surface area contributed by atoms with E-state index in [1.165, 1.54) is 5.56 Å². The number of hydrogen-bond donors (Lipinski definition) is 3. The molecule has 0 aliphatic carbocycles. The van der Waals surface area contributed by atoms with Gasteiger partial charge in [-0.15, -0.1) is 0 Å². The van der Waals surface area contributed by atoms with Crippen LogP contribution in [0.25, 0.3) is 0 Å². The van der Waals surface area contributed by atoms with Gasteiger partial charge in [-0.3, -0.25) is 4.79 Å². The van der Waals surface area contributed by atoms with Crippen LogP contribution in [0.5, 0.6) is 0 Å². The number of hydrazine groups is 2. The van der Waals surface area contributed by atoms with E-state index >= 15 is 0 Å². The first-order valence-electron chi connectivity index (χ1n) is 8.49. The highest BCUT2D eigenvalue weighted by atomic mass is 35.5. The van der Waals surface area contributed by atoms with Gasteiger partial charge >= 0.3 is 0 Å². The third kappa shape index (κ3) is 4.67. The minimum Gasteiger partial charge on any atom is -0.342 e. The van der Waals surface area contributed by atoms with E-state index in [1.807, 2.05) is 17.0 Å². The second-order valence-corrected chi connectivity index (χ2v) is 6.91. The highest BCUT2D eigenvalue weighted by Crippen LogP contribution is 2.28. The Kier molecular flexibility index (Phi) is 5.89. The number of carbonyl (C=O) groups is 1. The lowest BCUT2D eigenvalue weighted by Gasteiger charge is -2.17. The molecular formula is C17H25ClN4O. The molecule has 2 unspecified atom stereocenters. The van der Waals surface area contributed by atoms with Gasteiger partial charge in [0.25, 0.3) is 0 Å². The van der Waals surface area contributed by atoms with Crippen molar-refractivity contribution in [1.29, 1.82) is 0 Å². The van der Waals surface area contributed by atoms with E-state index < -0.39 is 0 Å². The molecule has 3 rings (SSSR count). The molecule has 2 atom stereocenters. The number of benzene rings is 1. The molecule has 0 bridgehead atoms. The largest absolute Gasteiger partial charge is 0.342 e. The molecule has 2 aliphatic rings. The summed E-state index contributed by atoms with van der Waals surface area (Å²) < 4.78 is 0. The average Bonchev–Trinajstić information content (AvgIpc) is 3.24. The number of hydrogen-bond acceptors (Lipinski definition) is 4. The zero-order valence-corrected chi connectivity index (χ0v) is 14.1. The molecule has 1 aromatic rings. The van der Waals surface area contributed by atoms with Gasteiger partial charge in [0.05, 0.1) is 0 Å². The molecule has 1 amide bonds. The van der Waals surface area contributed by atoms with Crippen LogP contribution in [0.1, 0.15) is 43.6 Å². The van der Waals surface area contributed by atoms with Crippen LogP contribution in [0.2, 0.25) is 5.02 Å². The van der Waals surface area contributed by atoms with Crippen molar-refractivity contribution in [3.8, 4) is 0 Å². The van der Waals surface area contributed by atoms with Gasteiger partial charge in [0, 0.05) is 43.0 Å². The third-order valence-electron chi connectivity index (χ3n) is 4.79. The van der Waals surface area contributed by atoms with Gasteiger partial charge in [-0.25, -0.2) is 10.9 Å². The van der Waals surface area contributed by atoms with Crippen LogP contribution in [0.4, 0.5) is 0 Å². The Bertz CT molecular complexity index is 516. The topological polar surface area (TPSA) is 56.4 Å². The van der Waals surface area contributed by atoms with E-state index in [0.717, 1.165) is 50.3 Å². The van der Waals surface area contributed by atoms with Crippen molar-refractivity contribution in [3.05, 3.63) is 34.9 Å². The molecule has 2 fully saturated rings. The number of rotatable bonds is 6. The lowest BCUT2D eigenvalue weighted by molar-refractivity contribution is -0.130. The standard InChI is InChI=1S/C17H25ClN4O/c18-15-7-5-13(6-8-15)14-9-10-22(12-14)17(23)4-2-1-3-16-11-19-21-20-16/h5-8,14,16,19-21H,1-4,9-12H2. The number of nitrogens with zero attached hydrogens (tertiary/aromatic N) is 1. The summed E-state index contributed by atoms with van der Waals surface area (Å²) in [6, 6.07) is 8.51. The van der Waals surface area contributed by atoms with Gasteiger partial charge < -0.3 is 4.90 Å². The van der Waals surface area contributed by atoms with E-state index in [0.29, 0.717) is 24.3 Å². The molecule has 2 heterocycles. The summed E-state index contributed by atoms with van der Waals surface area (Å²) in [4.78, 5) is 14.4. The lowest BCUT2D eigenvalue weighted by atomic mass is 9.99. The average molecular weight is 337 g/mol. The van der Waals surface area contributed by atoms with Crippen molar-refractivity contribution in [1.82, 2.24) is 21.3 Å². The Labute approximate surface area is 142 Å². The predicted octanol–water partition coefficient (Wildman–Crippen LogP) is 2.20. The summed E-state index contributed by atoms with van der Waals surface area (Å²) in [6.07, 6.45) is 4.87. The molecule has 0 saturated carbocycles. The normalized spacial score (nSPS) is 24.3. The van der Waals surface area contributed by atoms with Crippen LogP contribution in [0.15, 0.2) is 24.3 Å². The highest BCUT2D eigenvalue weighted by molar-refractivity contribution is 6.30. The van der Waals surface area contributed by atoms with Crippen LogP contribution < -0.4 is 16.4 Å². The van der Waals surface area contributed by atoms with E-state index in [1.54, 1.807) is 0 Å². The maximum atomic E-state index is 12.3. The molecule has 126 valence electrons. The van der Waals surface area contributed by atoms with Crippen molar-refractivity contribution < 1.29 is 4.79 Å². The molecule has 0 aromatic heterocycles. The van der Waals surface area contributed by atoms with Crippen LogP contribution >= 0.6 is 11.6 Å². The van der Waals surface area contributed by atoms with Gasteiger partial charge in [0.1, 0.15) is 0 Å². The summed E-state index contributed by atoms with van der Waals surface area (Å²) in [5, 5.41) is 0.766. The highest BCUT2D eigenvalue weighted by Gasteiger charge is 2.26. The predicted molar refractivity (Wildman–Crippen MR) is 91.9 cm³/mol. The first kappa shape index (κ1) is 16.7. The fraction of sp³-hybridized carbons (Fsp3) is 0.588. The Morgan fingerprint density at radius 3 is 2.83 bits per heavy atom. The molecule has 3 N–H and O–H groups in total. The Morgan fingerprint density at radius 2 is 2.09 bits per heavy atom. The first-order chi connectivity index (χ1) is 11.2. The number of halogens is 1. The fourth-order valence-corrected chi connectivity index (χ4v) is 3.50. The number of amides is 1. The van der Waals surface area contributed by atoms with Crippen LogP contribution in [-0.2, 0) is 4.79 Å². The summed E-state index contributed by atoms with van der Waals surface area (Å²) in [5.74, 6) is 0.758. The van der Waals surface area contributed by atoms with Crippen LogP contribution in [-0.4, -0.2) is 36.5 Å². The maximum absolute atomic E-state index is 12.3. The monoisotopic (exact) mass is 336 g/mol. The zero-order chi connectivity index (χ0) is 16.1. The molecule has 6 heteroatoms. The molecule has 2 aliphatic heterocycles. The van der Waals surface area contributed by atoms with Crippen molar-refractivity contribution in [3.63, 3.8) is 0 Å². The lowest BCUT2D eigenvalue weighted by Crippen LogP contribution is -2.33. The number of likely N-dealkylation sites (tertiary alicyclic amines) is 1. The van der Waals surface area contributed by atoms with Crippen molar-refractivity contribution in [2.75, 3.05) is 19.6 Å². The van der Waals surface area contributed by atoms with Crippen molar-refractivity contribution in [2.45, 2.75) is 44.1 Å². The van der Waals surface area contributed by atoms with E-state index in [4.69, 9.17) is 11.6 Å². The molecule has 23 heavy (non-hydrogen) atoms. The van der Waals surface area contributed by atoms with E-state index in [9.17, 15) is 4.79 Å². The summed E-state index contributed by atoms with van der Waals surface area (Å²) >= 11 is 5.94. The molecule has 0 radical (unpaired) electrons. The number of nitrogens with one attached hydrogen (secondary N) is 3. The Morgan fingerprint density at radius 1 is 1.26 bits per heavy atom. The molecule has 1 aromatic carbocycles. The summed E-state index contributed by atoms with van der Waals surface area (Å²) in [6.45, 7) is 2.67. The second-order valence-electron chi connectivity index (χ2n) is 6.47. The van der Waals surface area contributed by atoms with E-state index in [-0.39, 0.29) is 0 Å². The van der Waals surface area contributed by atoms with Gasteiger partial charge in [0.15, 0.2) is 0 Å². The minimum absolute atomic E-state index is 0.303. The second kappa shape index (κ2) is 8.11. The fourth-order valence-electron chi connectivity index (χ4n) is 3.37. The van der Waals surface area contributed by atoms with Gasteiger partial charge in [0.2, 0.25) is 5.91 Å². The number of unbranched alkanes of at least 4 members (excludes halogenated alkanes) is 1.